The Morgan fingerprint density at radius 2 is 1.49 bits per heavy atom. The van der Waals surface area contributed by atoms with Crippen molar-refractivity contribution in [2.45, 2.75) is 171 Å². The molecule has 0 spiro atoms. The summed E-state index contributed by atoms with van der Waals surface area (Å²) in [5.41, 5.74) is 1.56. The Balaban J connectivity index is 1.07. The predicted molar refractivity (Wildman–Crippen MR) is 206 cm³/mol. The molecule has 0 aromatic rings. The molecule has 288 valence electrons. The van der Waals surface area contributed by atoms with Crippen LogP contribution in [0.25, 0.3) is 0 Å². The van der Waals surface area contributed by atoms with Crippen LogP contribution in [0.3, 0.4) is 0 Å². The number of hydrogen-bond acceptors (Lipinski definition) is 4. The lowest BCUT2D eigenvalue weighted by molar-refractivity contribution is -0.250. The molecule has 10 atom stereocenters. The van der Waals surface area contributed by atoms with Gasteiger partial charge < -0.3 is 14.7 Å². The van der Waals surface area contributed by atoms with Crippen LogP contribution in [0.4, 0.5) is 0 Å². The van der Waals surface area contributed by atoms with Crippen molar-refractivity contribution in [1.29, 1.82) is 0 Å². The van der Waals surface area contributed by atoms with Crippen molar-refractivity contribution in [3.05, 3.63) is 12.2 Å². The van der Waals surface area contributed by atoms with Crippen LogP contribution in [-0.2, 0) is 14.3 Å². The molecular weight excluding hydrogens is 631 g/mol. The Morgan fingerprint density at radius 1 is 0.804 bits per heavy atom. The van der Waals surface area contributed by atoms with Gasteiger partial charge in [0.25, 0.3) is 0 Å². The minimum absolute atomic E-state index is 0.0794. The zero-order valence-electron chi connectivity index (χ0n) is 34.1. The smallest absolute Gasteiger partial charge is 0.309 e. The summed E-state index contributed by atoms with van der Waals surface area (Å²) < 4.78 is 6.22. The third kappa shape index (κ3) is 6.30. The lowest BCUT2D eigenvalue weighted by atomic mass is 9.32. The third-order valence-corrected chi connectivity index (χ3v) is 18.6. The average Bonchev–Trinajstić information content (AvgIpc) is 3.78. The van der Waals surface area contributed by atoms with Crippen LogP contribution in [0.15, 0.2) is 12.2 Å². The average molecular weight is 706 g/mol. The number of hydrogen-bond donors (Lipinski definition) is 1. The first-order valence-electron chi connectivity index (χ1n) is 21.7. The maximum atomic E-state index is 13.1. The quantitative estimate of drug-likeness (QED) is 0.181. The second-order valence-corrected chi connectivity index (χ2v) is 22.0. The maximum Gasteiger partial charge on any atom is 0.309 e. The fourth-order valence-corrected chi connectivity index (χ4v) is 15.2. The van der Waals surface area contributed by atoms with Crippen molar-refractivity contribution in [2.24, 2.45) is 73.9 Å². The van der Waals surface area contributed by atoms with Crippen molar-refractivity contribution in [3.63, 3.8) is 0 Å². The number of carbonyl (C=O) groups is 2. The SMILES string of the molecule is C=C(C)[C@@H]1CC[C@]2(CCN3CCC(CC4CC4)CC3)CC[C@]3(C)[C@H](CC[C@@H]4[C@@]5(C)CC[C@H](OC(=O)CC(C)(C)C(=O)O)C(C)(C)[C@@H]5CC[C@]43C)[C@@H]12. The van der Waals surface area contributed by atoms with E-state index in [9.17, 15) is 14.7 Å². The van der Waals surface area contributed by atoms with Gasteiger partial charge in [0.05, 0.1) is 11.8 Å². The summed E-state index contributed by atoms with van der Waals surface area (Å²) in [4.78, 5) is 27.7. The van der Waals surface area contributed by atoms with Gasteiger partial charge in [-0.15, -0.1) is 0 Å². The van der Waals surface area contributed by atoms with Crippen LogP contribution >= 0.6 is 0 Å². The molecule has 5 heteroatoms. The molecule has 7 fully saturated rings. The fourth-order valence-electron chi connectivity index (χ4n) is 15.2. The van der Waals surface area contributed by atoms with E-state index >= 15 is 0 Å². The number of fused-ring (bicyclic) bond motifs is 7. The van der Waals surface area contributed by atoms with Crippen molar-refractivity contribution < 1.29 is 19.4 Å². The number of allylic oxidation sites excluding steroid dienone is 1. The summed E-state index contributed by atoms with van der Waals surface area (Å²) in [6, 6.07) is 0. The standard InChI is InChI=1S/C46H75NO4/c1-30(2)33-14-21-46(24-27-47-25-17-32(18-26-47)28-31-10-11-31)23-22-44(8)34(39(33)46)12-13-36-43(7)19-16-37(51-38(48)29-41(3,4)40(49)50)42(5,6)35(43)15-20-45(36,44)9/h31-37,39H,1,10-29H2,2-9H3,(H,49,50)/t33-,34+,35-,36+,37-,39+,43-,44+,45+,46+/m0/s1. The van der Waals surface area contributed by atoms with Crippen molar-refractivity contribution >= 4 is 11.9 Å². The number of likely N-dealkylation sites (tertiary alicyclic amines) is 1. The normalized spacial score (nSPS) is 44.1. The zero-order valence-corrected chi connectivity index (χ0v) is 34.1. The van der Waals surface area contributed by atoms with E-state index < -0.39 is 11.4 Å². The molecule has 6 saturated carbocycles. The molecule has 0 unspecified atom stereocenters. The second kappa shape index (κ2) is 13.1. The summed E-state index contributed by atoms with van der Waals surface area (Å²) in [5, 5.41) is 9.63. The Morgan fingerprint density at radius 3 is 2.14 bits per heavy atom. The van der Waals surface area contributed by atoms with Gasteiger partial charge in [-0.2, -0.15) is 0 Å². The van der Waals surface area contributed by atoms with E-state index in [0.717, 1.165) is 36.5 Å². The zero-order chi connectivity index (χ0) is 36.8. The highest BCUT2D eigenvalue weighted by molar-refractivity contribution is 5.81. The highest BCUT2D eigenvalue weighted by Crippen LogP contribution is 2.78. The van der Waals surface area contributed by atoms with Crippen LogP contribution in [0, 0.1) is 73.9 Å². The van der Waals surface area contributed by atoms with E-state index in [4.69, 9.17) is 4.74 Å². The number of nitrogens with zero attached hydrogens (tertiary/aromatic N) is 1. The number of carbonyl (C=O) groups excluding carboxylic acids is 1. The Labute approximate surface area is 311 Å². The van der Waals surface area contributed by atoms with Gasteiger partial charge in [-0.3, -0.25) is 9.59 Å². The van der Waals surface area contributed by atoms with Crippen molar-refractivity contribution in [1.82, 2.24) is 4.90 Å². The molecule has 7 rings (SSSR count). The van der Waals surface area contributed by atoms with E-state index in [1.165, 1.54) is 115 Å². The molecular formula is C46H75NO4. The van der Waals surface area contributed by atoms with Gasteiger partial charge in [0.2, 0.25) is 0 Å². The number of rotatable bonds is 10. The maximum absolute atomic E-state index is 13.1. The molecule has 0 aromatic heterocycles. The number of piperidine rings is 1. The largest absolute Gasteiger partial charge is 0.481 e. The summed E-state index contributed by atoms with van der Waals surface area (Å²) in [7, 11) is 0. The Bertz CT molecular complexity index is 1360. The third-order valence-electron chi connectivity index (χ3n) is 18.6. The van der Waals surface area contributed by atoms with Gasteiger partial charge in [0.1, 0.15) is 6.10 Å². The summed E-state index contributed by atoms with van der Waals surface area (Å²) >= 11 is 0. The first-order valence-corrected chi connectivity index (χ1v) is 21.7. The van der Waals surface area contributed by atoms with E-state index in [0.29, 0.717) is 34.0 Å². The van der Waals surface area contributed by atoms with Crippen LogP contribution in [0.1, 0.15) is 165 Å². The van der Waals surface area contributed by atoms with Crippen LogP contribution in [0.2, 0.25) is 0 Å². The molecule has 51 heavy (non-hydrogen) atoms. The lowest BCUT2D eigenvalue weighted by Crippen LogP contribution is -2.66. The summed E-state index contributed by atoms with van der Waals surface area (Å²) in [6.07, 6.45) is 21.3. The molecule has 0 radical (unpaired) electrons. The number of ether oxygens (including phenoxy) is 1. The van der Waals surface area contributed by atoms with Gasteiger partial charge in [-0.05, 0) is 193 Å². The number of carboxylic acid groups (broad SMARTS) is 1. The molecule has 1 aliphatic heterocycles. The summed E-state index contributed by atoms with van der Waals surface area (Å²) in [5.74, 6) is 4.18. The Kier molecular flexibility index (Phi) is 9.78. The molecule has 0 amide bonds. The van der Waals surface area contributed by atoms with Gasteiger partial charge in [-0.25, -0.2) is 0 Å². The van der Waals surface area contributed by atoms with Crippen LogP contribution < -0.4 is 0 Å². The molecule has 7 aliphatic rings. The van der Waals surface area contributed by atoms with Crippen molar-refractivity contribution in [2.75, 3.05) is 19.6 Å². The van der Waals surface area contributed by atoms with Crippen molar-refractivity contribution in [3.8, 4) is 0 Å². The first kappa shape index (κ1) is 37.9. The molecule has 6 aliphatic carbocycles. The minimum atomic E-state index is -1.11. The number of carboxylic acids is 1. The topological polar surface area (TPSA) is 66.8 Å². The highest BCUT2D eigenvalue weighted by Gasteiger charge is 2.71. The molecule has 1 N–H and O–H groups in total. The number of esters is 1. The highest BCUT2D eigenvalue weighted by atomic mass is 16.5. The molecule has 1 saturated heterocycles. The predicted octanol–water partition coefficient (Wildman–Crippen LogP) is 11.0. The second-order valence-electron chi connectivity index (χ2n) is 22.0. The minimum Gasteiger partial charge on any atom is -0.481 e. The fraction of sp³-hybridized carbons (Fsp3) is 0.913. The van der Waals surface area contributed by atoms with Gasteiger partial charge >= 0.3 is 11.9 Å². The van der Waals surface area contributed by atoms with Gasteiger partial charge in [0, 0.05) is 5.41 Å². The molecule has 0 aromatic carbocycles. The van der Waals surface area contributed by atoms with Gasteiger partial charge in [0.15, 0.2) is 0 Å². The van der Waals surface area contributed by atoms with E-state index in [-0.39, 0.29) is 29.3 Å². The van der Waals surface area contributed by atoms with E-state index in [1.54, 1.807) is 13.8 Å². The Hall–Kier alpha value is -1.36. The first-order chi connectivity index (χ1) is 23.9. The molecule has 1 heterocycles. The van der Waals surface area contributed by atoms with Gasteiger partial charge in [-0.1, -0.05) is 59.6 Å². The van der Waals surface area contributed by atoms with E-state index in [2.05, 4.69) is 53.0 Å². The lowest BCUT2D eigenvalue weighted by Gasteiger charge is -2.73. The van der Waals surface area contributed by atoms with E-state index in [1.807, 2.05) is 0 Å². The monoisotopic (exact) mass is 706 g/mol. The summed E-state index contributed by atoms with van der Waals surface area (Å²) in [6.45, 7) is 27.1. The molecule has 0 bridgehead atoms. The van der Waals surface area contributed by atoms with Crippen LogP contribution in [-0.4, -0.2) is 47.7 Å². The van der Waals surface area contributed by atoms with Crippen LogP contribution in [0.5, 0.6) is 0 Å². The number of aliphatic carboxylic acids is 1. The molecule has 5 nitrogen and oxygen atoms in total.